The minimum absolute atomic E-state index is 0.291. The number of carboxylic acids is 1. The maximum Gasteiger partial charge on any atom is 0.345 e. The summed E-state index contributed by atoms with van der Waals surface area (Å²) in [4.78, 5) is 21.7. The standard InChI is InChI=1S/C9H16O5/c1-3-4-7(8(11)12)14-9(13)6(2)5-10/h6-7,10H,3-5H2,1-2H3,(H,11,12). The van der Waals surface area contributed by atoms with Gasteiger partial charge in [-0.1, -0.05) is 13.3 Å². The van der Waals surface area contributed by atoms with Crippen molar-refractivity contribution in [3.63, 3.8) is 0 Å². The summed E-state index contributed by atoms with van der Waals surface area (Å²) in [5.41, 5.74) is 0. The van der Waals surface area contributed by atoms with Crippen LogP contribution in [0.25, 0.3) is 0 Å². The summed E-state index contributed by atoms with van der Waals surface area (Å²) < 4.78 is 4.71. The van der Waals surface area contributed by atoms with Gasteiger partial charge in [0, 0.05) is 0 Å². The zero-order valence-electron chi connectivity index (χ0n) is 8.40. The molecule has 0 aromatic carbocycles. The van der Waals surface area contributed by atoms with E-state index in [1.165, 1.54) is 6.92 Å². The van der Waals surface area contributed by atoms with Crippen molar-refractivity contribution >= 4 is 11.9 Å². The van der Waals surface area contributed by atoms with Crippen LogP contribution in [0.1, 0.15) is 26.7 Å². The molecule has 2 N–H and O–H groups in total. The molecule has 14 heavy (non-hydrogen) atoms. The maximum absolute atomic E-state index is 11.1. The first-order valence-corrected chi connectivity index (χ1v) is 4.57. The molecule has 2 unspecified atom stereocenters. The summed E-state index contributed by atoms with van der Waals surface area (Å²) >= 11 is 0. The fourth-order valence-electron chi connectivity index (χ4n) is 0.826. The Morgan fingerprint density at radius 3 is 2.36 bits per heavy atom. The Labute approximate surface area is 82.7 Å². The number of hydrogen-bond acceptors (Lipinski definition) is 4. The molecule has 0 fully saturated rings. The molecule has 0 saturated carbocycles. The Morgan fingerprint density at radius 2 is 2.00 bits per heavy atom. The zero-order valence-corrected chi connectivity index (χ0v) is 8.40. The summed E-state index contributed by atoms with van der Waals surface area (Å²) in [6.45, 7) is 2.95. The molecule has 0 aromatic heterocycles. The minimum atomic E-state index is -1.15. The quantitative estimate of drug-likeness (QED) is 0.612. The number of rotatable bonds is 6. The van der Waals surface area contributed by atoms with Crippen LogP contribution in [-0.4, -0.2) is 34.9 Å². The van der Waals surface area contributed by atoms with Gasteiger partial charge in [0.1, 0.15) is 0 Å². The predicted molar refractivity (Wildman–Crippen MR) is 48.7 cm³/mol. The van der Waals surface area contributed by atoms with Gasteiger partial charge in [-0.05, 0) is 13.3 Å². The summed E-state index contributed by atoms with van der Waals surface area (Å²) in [7, 11) is 0. The van der Waals surface area contributed by atoms with Crippen LogP contribution in [0.15, 0.2) is 0 Å². The third-order valence-electron chi connectivity index (χ3n) is 1.76. The molecule has 5 nitrogen and oxygen atoms in total. The molecule has 0 aliphatic carbocycles. The van der Waals surface area contributed by atoms with Crippen molar-refractivity contribution in [3.05, 3.63) is 0 Å². The molecule has 0 radical (unpaired) electrons. The summed E-state index contributed by atoms with van der Waals surface area (Å²) in [6.07, 6.45) is -0.182. The van der Waals surface area contributed by atoms with Crippen LogP contribution in [0.2, 0.25) is 0 Å². The number of aliphatic hydroxyl groups excluding tert-OH is 1. The van der Waals surface area contributed by atoms with Gasteiger partial charge in [-0.2, -0.15) is 0 Å². The fourth-order valence-corrected chi connectivity index (χ4v) is 0.826. The monoisotopic (exact) mass is 204 g/mol. The van der Waals surface area contributed by atoms with E-state index in [0.29, 0.717) is 12.8 Å². The Bertz CT molecular complexity index is 201. The largest absolute Gasteiger partial charge is 0.479 e. The lowest BCUT2D eigenvalue weighted by Gasteiger charge is -2.14. The number of carbonyl (C=O) groups is 2. The van der Waals surface area contributed by atoms with Crippen molar-refractivity contribution in [2.24, 2.45) is 5.92 Å². The molecule has 0 aromatic rings. The molecule has 0 aliphatic heterocycles. The second-order valence-corrected chi connectivity index (χ2v) is 3.14. The molecule has 2 atom stereocenters. The Morgan fingerprint density at radius 1 is 1.43 bits per heavy atom. The van der Waals surface area contributed by atoms with Gasteiger partial charge in [0.05, 0.1) is 12.5 Å². The second kappa shape index (κ2) is 6.37. The van der Waals surface area contributed by atoms with Crippen molar-refractivity contribution in [2.75, 3.05) is 6.61 Å². The normalized spacial score (nSPS) is 14.5. The number of aliphatic carboxylic acids is 1. The average Bonchev–Trinajstić information content (AvgIpc) is 2.15. The van der Waals surface area contributed by atoms with E-state index in [-0.39, 0.29) is 6.61 Å². The Kier molecular flexibility index (Phi) is 5.87. The van der Waals surface area contributed by atoms with E-state index < -0.39 is 24.0 Å². The highest BCUT2D eigenvalue weighted by Gasteiger charge is 2.23. The maximum atomic E-state index is 11.1. The lowest BCUT2D eigenvalue weighted by atomic mass is 10.2. The van der Waals surface area contributed by atoms with E-state index in [9.17, 15) is 9.59 Å². The number of ether oxygens (including phenoxy) is 1. The molecular weight excluding hydrogens is 188 g/mol. The number of hydrogen-bond donors (Lipinski definition) is 2. The highest BCUT2D eigenvalue weighted by molar-refractivity contribution is 5.79. The highest BCUT2D eigenvalue weighted by Crippen LogP contribution is 2.06. The molecule has 0 spiro atoms. The van der Waals surface area contributed by atoms with Crippen LogP contribution < -0.4 is 0 Å². The molecule has 5 heteroatoms. The van der Waals surface area contributed by atoms with Crippen molar-refractivity contribution in [3.8, 4) is 0 Å². The lowest BCUT2D eigenvalue weighted by Crippen LogP contribution is -2.30. The van der Waals surface area contributed by atoms with Crippen LogP contribution in [0.4, 0.5) is 0 Å². The van der Waals surface area contributed by atoms with Crippen LogP contribution in [-0.2, 0) is 14.3 Å². The third-order valence-corrected chi connectivity index (χ3v) is 1.76. The number of esters is 1. The second-order valence-electron chi connectivity index (χ2n) is 3.14. The smallest absolute Gasteiger partial charge is 0.345 e. The Hall–Kier alpha value is -1.10. The van der Waals surface area contributed by atoms with E-state index >= 15 is 0 Å². The fraction of sp³-hybridized carbons (Fsp3) is 0.778. The number of carboxylic acid groups (broad SMARTS) is 1. The van der Waals surface area contributed by atoms with E-state index in [2.05, 4.69) is 0 Å². The topological polar surface area (TPSA) is 83.8 Å². The van der Waals surface area contributed by atoms with Crippen LogP contribution >= 0.6 is 0 Å². The van der Waals surface area contributed by atoms with E-state index in [0.717, 1.165) is 0 Å². The van der Waals surface area contributed by atoms with Crippen LogP contribution in [0, 0.1) is 5.92 Å². The van der Waals surface area contributed by atoms with Gasteiger partial charge in [0.2, 0.25) is 0 Å². The molecule has 0 rings (SSSR count). The van der Waals surface area contributed by atoms with Crippen molar-refractivity contribution in [1.29, 1.82) is 0 Å². The third kappa shape index (κ3) is 4.23. The van der Waals surface area contributed by atoms with E-state index in [1.54, 1.807) is 6.92 Å². The number of carbonyl (C=O) groups excluding carboxylic acids is 1. The van der Waals surface area contributed by atoms with E-state index in [1.807, 2.05) is 0 Å². The molecular formula is C9H16O5. The van der Waals surface area contributed by atoms with E-state index in [4.69, 9.17) is 14.9 Å². The Balaban J connectivity index is 4.15. The minimum Gasteiger partial charge on any atom is -0.479 e. The molecule has 0 heterocycles. The van der Waals surface area contributed by atoms with Gasteiger partial charge < -0.3 is 14.9 Å². The number of aliphatic hydroxyl groups is 1. The molecule has 0 amide bonds. The molecule has 0 aliphatic rings. The molecule has 82 valence electrons. The van der Waals surface area contributed by atoms with Gasteiger partial charge in [-0.3, -0.25) is 4.79 Å². The summed E-state index contributed by atoms with van der Waals surface area (Å²) in [5.74, 6) is -2.49. The van der Waals surface area contributed by atoms with Crippen LogP contribution in [0.3, 0.4) is 0 Å². The average molecular weight is 204 g/mol. The summed E-state index contributed by atoms with van der Waals surface area (Å²) in [6, 6.07) is 0. The van der Waals surface area contributed by atoms with Gasteiger partial charge >= 0.3 is 11.9 Å². The van der Waals surface area contributed by atoms with Gasteiger partial charge in [-0.15, -0.1) is 0 Å². The molecule has 0 saturated heterocycles. The highest BCUT2D eigenvalue weighted by atomic mass is 16.6. The zero-order chi connectivity index (χ0) is 11.1. The van der Waals surface area contributed by atoms with Crippen LogP contribution in [0.5, 0.6) is 0 Å². The molecule has 0 bridgehead atoms. The predicted octanol–water partition coefficient (Wildman–Crippen LogP) is 0.411. The SMILES string of the molecule is CCCC(OC(=O)C(C)CO)C(=O)O. The summed E-state index contributed by atoms with van der Waals surface area (Å²) in [5, 5.41) is 17.3. The first kappa shape index (κ1) is 12.9. The van der Waals surface area contributed by atoms with Crippen molar-refractivity contribution in [2.45, 2.75) is 32.8 Å². The van der Waals surface area contributed by atoms with Crippen molar-refractivity contribution < 1.29 is 24.5 Å². The van der Waals surface area contributed by atoms with Crippen molar-refractivity contribution in [1.82, 2.24) is 0 Å². The first-order chi connectivity index (χ1) is 6.52. The van der Waals surface area contributed by atoms with Gasteiger partial charge in [0.15, 0.2) is 6.10 Å². The van der Waals surface area contributed by atoms with Gasteiger partial charge in [0.25, 0.3) is 0 Å². The lowest BCUT2D eigenvalue weighted by molar-refractivity contribution is -0.167. The van der Waals surface area contributed by atoms with Gasteiger partial charge in [-0.25, -0.2) is 4.79 Å². The first-order valence-electron chi connectivity index (χ1n) is 4.57.